The topological polar surface area (TPSA) is 119 Å². The van der Waals surface area contributed by atoms with Gasteiger partial charge in [-0.15, -0.1) is 0 Å². The molecular weight excluding hydrogens is 410 g/mol. The number of sulfonamides is 1. The zero-order chi connectivity index (χ0) is 22.5. The van der Waals surface area contributed by atoms with E-state index in [1.807, 2.05) is 26.0 Å². The van der Waals surface area contributed by atoms with Crippen LogP contribution in [-0.2, 0) is 14.8 Å². The number of hydrogen-bond donors (Lipinski definition) is 1. The fourth-order valence-electron chi connectivity index (χ4n) is 2.96. The van der Waals surface area contributed by atoms with Gasteiger partial charge in [-0.2, -0.15) is 0 Å². The summed E-state index contributed by atoms with van der Waals surface area (Å²) >= 11 is 0. The maximum Gasteiger partial charge on any atom is 0.271 e. The van der Waals surface area contributed by atoms with Crippen molar-refractivity contribution in [1.82, 2.24) is 0 Å². The van der Waals surface area contributed by atoms with Gasteiger partial charge in [0.25, 0.3) is 5.69 Å². The molecule has 2 aromatic carbocycles. The van der Waals surface area contributed by atoms with Crippen LogP contribution in [0.25, 0.3) is 0 Å². The molecule has 2 aromatic rings. The van der Waals surface area contributed by atoms with E-state index < -0.39 is 20.9 Å². The lowest BCUT2D eigenvalue weighted by atomic mass is 10.1. The molecule has 1 amide bonds. The summed E-state index contributed by atoms with van der Waals surface area (Å²) in [7, 11) is -2.14. The van der Waals surface area contributed by atoms with Crippen LogP contribution in [0.4, 0.5) is 17.1 Å². The van der Waals surface area contributed by atoms with E-state index >= 15 is 0 Å². The quantitative estimate of drug-likeness (QED) is 0.476. The van der Waals surface area contributed by atoms with Crippen LogP contribution < -0.4 is 14.4 Å². The molecule has 0 radical (unpaired) electrons. The summed E-state index contributed by atoms with van der Waals surface area (Å²) in [5.41, 5.74) is 2.34. The van der Waals surface area contributed by atoms with Crippen LogP contribution in [0.1, 0.15) is 24.0 Å². The lowest BCUT2D eigenvalue weighted by Crippen LogP contribution is -2.32. The summed E-state index contributed by atoms with van der Waals surface area (Å²) < 4.78 is 31.0. The highest BCUT2D eigenvalue weighted by Gasteiger charge is 2.20. The Morgan fingerprint density at radius 1 is 1.20 bits per heavy atom. The highest BCUT2D eigenvalue weighted by atomic mass is 32.2. The third-order valence-corrected chi connectivity index (χ3v) is 5.65. The van der Waals surface area contributed by atoms with E-state index in [-0.39, 0.29) is 30.8 Å². The number of rotatable bonds is 9. The number of methoxy groups -OCH3 is 1. The van der Waals surface area contributed by atoms with E-state index in [4.69, 9.17) is 4.74 Å². The maximum absolute atomic E-state index is 12.3. The van der Waals surface area contributed by atoms with E-state index in [0.29, 0.717) is 11.4 Å². The molecule has 0 atom stereocenters. The second kappa shape index (κ2) is 9.57. The third-order valence-electron chi connectivity index (χ3n) is 4.47. The number of non-ortho nitro benzene ring substituents is 1. The number of nitrogens with one attached hydrogen (secondary N) is 1. The first-order valence-electron chi connectivity index (χ1n) is 9.20. The van der Waals surface area contributed by atoms with Gasteiger partial charge in [0.1, 0.15) is 5.75 Å². The summed E-state index contributed by atoms with van der Waals surface area (Å²) in [6, 6.07) is 9.45. The van der Waals surface area contributed by atoms with Gasteiger partial charge in [-0.1, -0.05) is 12.1 Å². The molecule has 0 unspecified atom stereocenters. The number of benzene rings is 2. The maximum atomic E-state index is 12.3. The molecule has 0 bridgehead atoms. The van der Waals surface area contributed by atoms with E-state index in [0.717, 1.165) is 17.4 Å². The molecule has 0 aromatic heterocycles. The van der Waals surface area contributed by atoms with Crippen molar-refractivity contribution in [2.24, 2.45) is 0 Å². The number of nitro benzene ring substituents is 1. The smallest absolute Gasteiger partial charge is 0.271 e. The van der Waals surface area contributed by atoms with Gasteiger partial charge >= 0.3 is 0 Å². The fourth-order valence-corrected chi connectivity index (χ4v) is 3.97. The zero-order valence-corrected chi connectivity index (χ0v) is 18.2. The van der Waals surface area contributed by atoms with Gasteiger partial charge in [0.2, 0.25) is 15.9 Å². The molecule has 30 heavy (non-hydrogen) atoms. The van der Waals surface area contributed by atoms with Gasteiger partial charge in [-0.25, -0.2) is 8.42 Å². The summed E-state index contributed by atoms with van der Waals surface area (Å²) in [4.78, 5) is 22.7. The molecule has 0 spiro atoms. The second-order valence-electron chi connectivity index (χ2n) is 6.92. The highest BCUT2D eigenvalue weighted by molar-refractivity contribution is 7.92. The van der Waals surface area contributed by atoms with Crippen molar-refractivity contribution < 1.29 is 22.9 Å². The number of carbonyl (C=O) groups is 1. The standard InChI is InChI=1S/C20H25N3O6S/c1-14-7-8-15(2)18(12-14)22(30(4,27)28)11-5-6-20(24)21-17-13-16(23(25)26)9-10-19(17)29-3/h7-10,12-13H,5-6,11H2,1-4H3,(H,21,24). The molecule has 0 saturated carbocycles. The highest BCUT2D eigenvalue weighted by Crippen LogP contribution is 2.29. The molecule has 2 rings (SSSR count). The van der Waals surface area contributed by atoms with Crippen LogP contribution in [-0.4, -0.2) is 39.2 Å². The van der Waals surface area contributed by atoms with E-state index in [1.165, 1.54) is 29.6 Å². The van der Waals surface area contributed by atoms with E-state index in [9.17, 15) is 23.3 Å². The number of hydrogen-bond acceptors (Lipinski definition) is 6. The fraction of sp³-hybridized carbons (Fsp3) is 0.350. The number of aryl methyl sites for hydroxylation is 2. The predicted octanol–water partition coefficient (Wildman–Crippen LogP) is 3.41. The molecule has 0 fully saturated rings. The SMILES string of the molecule is COc1ccc([N+](=O)[O-])cc1NC(=O)CCCN(c1cc(C)ccc1C)S(C)(=O)=O. The number of ether oxygens (including phenoxy) is 1. The predicted molar refractivity (Wildman–Crippen MR) is 116 cm³/mol. The summed E-state index contributed by atoms with van der Waals surface area (Å²) in [5, 5.41) is 13.5. The largest absolute Gasteiger partial charge is 0.495 e. The third kappa shape index (κ3) is 5.93. The summed E-state index contributed by atoms with van der Waals surface area (Å²) in [6.45, 7) is 3.83. The number of carbonyl (C=O) groups excluding carboxylic acids is 1. The number of anilines is 2. The Kier molecular flexibility index (Phi) is 7.38. The molecule has 0 heterocycles. The van der Waals surface area contributed by atoms with Crippen molar-refractivity contribution in [2.75, 3.05) is 29.5 Å². The van der Waals surface area contributed by atoms with Gasteiger partial charge in [-0.05, 0) is 43.5 Å². The van der Waals surface area contributed by atoms with Crippen LogP contribution in [0.3, 0.4) is 0 Å². The van der Waals surface area contributed by atoms with Crippen LogP contribution in [0, 0.1) is 24.0 Å². The van der Waals surface area contributed by atoms with Gasteiger partial charge < -0.3 is 10.1 Å². The van der Waals surface area contributed by atoms with Gasteiger partial charge in [0, 0.05) is 25.1 Å². The first-order valence-corrected chi connectivity index (χ1v) is 11.0. The van der Waals surface area contributed by atoms with Crippen LogP contribution in [0.5, 0.6) is 5.75 Å². The van der Waals surface area contributed by atoms with Crippen molar-refractivity contribution in [3.8, 4) is 5.75 Å². The molecule has 1 N–H and O–H groups in total. The minimum atomic E-state index is -3.53. The zero-order valence-electron chi connectivity index (χ0n) is 17.3. The van der Waals surface area contributed by atoms with Crippen LogP contribution in [0.2, 0.25) is 0 Å². The van der Waals surface area contributed by atoms with Gasteiger partial charge in [0.15, 0.2) is 0 Å². The Bertz CT molecular complexity index is 1050. The Hall–Kier alpha value is -3.14. The lowest BCUT2D eigenvalue weighted by Gasteiger charge is -2.24. The molecule has 0 aliphatic rings. The monoisotopic (exact) mass is 435 g/mol. The summed E-state index contributed by atoms with van der Waals surface area (Å²) in [6.07, 6.45) is 1.43. The van der Waals surface area contributed by atoms with Gasteiger partial charge in [-0.3, -0.25) is 19.2 Å². The molecule has 10 heteroatoms. The molecular formula is C20H25N3O6S. The normalized spacial score (nSPS) is 11.1. The minimum absolute atomic E-state index is 0.0305. The van der Waals surface area contributed by atoms with Crippen molar-refractivity contribution in [1.29, 1.82) is 0 Å². The molecule has 9 nitrogen and oxygen atoms in total. The van der Waals surface area contributed by atoms with Gasteiger partial charge in [0.05, 0.1) is 29.7 Å². The average Bonchev–Trinajstić information content (AvgIpc) is 2.66. The minimum Gasteiger partial charge on any atom is -0.495 e. The first-order chi connectivity index (χ1) is 14.0. The molecule has 0 saturated heterocycles. The van der Waals surface area contributed by atoms with E-state index in [1.54, 1.807) is 6.07 Å². The number of amides is 1. The van der Waals surface area contributed by atoms with Crippen molar-refractivity contribution in [2.45, 2.75) is 26.7 Å². The second-order valence-corrected chi connectivity index (χ2v) is 8.83. The summed E-state index contributed by atoms with van der Waals surface area (Å²) in [5.74, 6) is -0.106. The van der Waals surface area contributed by atoms with Crippen LogP contribution in [0.15, 0.2) is 36.4 Å². The van der Waals surface area contributed by atoms with E-state index in [2.05, 4.69) is 5.32 Å². The van der Waals surface area contributed by atoms with Crippen molar-refractivity contribution in [3.05, 3.63) is 57.6 Å². The van der Waals surface area contributed by atoms with Crippen molar-refractivity contribution >= 4 is 33.0 Å². The first kappa shape index (κ1) is 23.1. The van der Waals surface area contributed by atoms with Crippen molar-refractivity contribution in [3.63, 3.8) is 0 Å². The number of nitrogens with zero attached hydrogens (tertiary/aromatic N) is 2. The Morgan fingerprint density at radius 3 is 2.50 bits per heavy atom. The Morgan fingerprint density at radius 2 is 1.90 bits per heavy atom. The Balaban J connectivity index is 2.09. The molecule has 0 aliphatic carbocycles. The van der Waals surface area contributed by atoms with Crippen LogP contribution >= 0.6 is 0 Å². The number of nitro groups is 1. The lowest BCUT2D eigenvalue weighted by molar-refractivity contribution is -0.384. The molecule has 162 valence electrons. The average molecular weight is 436 g/mol. The molecule has 0 aliphatic heterocycles. The Labute approximate surface area is 175 Å².